The van der Waals surface area contributed by atoms with Crippen molar-refractivity contribution in [3.05, 3.63) is 33.8 Å². The maximum absolute atomic E-state index is 12.3. The average Bonchev–Trinajstić information content (AvgIpc) is 2.75. The van der Waals surface area contributed by atoms with Crippen molar-refractivity contribution in [1.29, 1.82) is 0 Å². The molecule has 1 fully saturated rings. The van der Waals surface area contributed by atoms with Crippen molar-refractivity contribution in [1.82, 2.24) is 4.90 Å². The molecule has 1 unspecified atom stereocenters. The molecule has 0 spiro atoms. The van der Waals surface area contributed by atoms with Crippen LogP contribution in [-0.4, -0.2) is 30.4 Å². The first-order valence-electron chi connectivity index (χ1n) is 5.90. The fourth-order valence-corrected chi connectivity index (χ4v) is 2.47. The first-order valence-corrected chi connectivity index (χ1v) is 6.65. The Morgan fingerprint density at radius 3 is 2.72 bits per heavy atom. The Kier molecular flexibility index (Phi) is 3.85. The maximum atomic E-state index is 12.3. The first kappa shape index (κ1) is 13.7. The standard InChI is InChI=1S/C13H16Cl2N2O/c1-13(7-16)4-5-17(8-13)12(18)9-2-3-10(14)11(15)6-9/h2-3,6H,4-5,7-8,16H2,1H3. The third-order valence-electron chi connectivity index (χ3n) is 3.50. The first-order chi connectivity index (χ1) is 8.45. The van der Waals surface area contributed by atoms with Crippen molar-refractivity contribution in [2.24, 2.45) is 11.1 Å². The molecule has 18 heavy (non-hydrogen) atoms. The number of nitrogens with zero attached hydrogens (tertiary/aromatic N) is 1. The molecule has 3 nitrogen and oxygen atoms in total. The zero-order chi connectivity index (χ0) is 13.3. The number of benzene rings is 1. The second-order valence-corrected chi connectivity index (χ2v) is 5.93. The Balaban J connectivity index is 2.15. The monoisotopic (exact) mass is 286 g/mol. The van der Waals surface area contributed by atoms with Gasteiger partial charge in [0.2, 0.25) is 0 Å². The summed E-state index contributed by atoms with van der Waals surface area (Å²) in [4.78, 5) is 14.1. The molecule has 0 radical (unpaired) electrons. The van der Waals surface area contributed by atoms with Crippen LogP contribution in [0.1, 0.15) is 23.7 Å². The minimum absolute atomic E-state index is 0.00857. The quantitative estimate of drug-likeness (QED) is 0.909. The van der Waals surface area contributed by atoms with Gasteiger partial charge in [0.15, 0.2) is 0 Å². The molecule has 0 bridgehead atoms. The van der Waals surface area contributed by atoms with E-state index in [0.29, 0.717) is 28.7 Å². The molecule has 1 aliphatic heterocycles. The predicted molar refractivity (Wildman–Crippen MR) is 74.1 cm³/mol. The summed E-state index contributed by atoms with van der Waals surface area (Å²) in [7, 11) is 0. The van der Waals surface area contributed by atoms with Crippen molar-refractivity contribution in [3.63, 3.8) is 0 Å². The minimum atomic E-state index is -0.00857. The third-order valence-corrected chi connectivity index (χ3v) is 4.24. The fraction of sp³-hybridized carbons (Fsp3) is 0.462. The normalized spacial score (nSPS) is 23.4. The van der Waals surface area contributed by atoms with Crippen molar-refractivity contribution < 1.29 is 4.79 Å². The summed E-state index contributed by atoms with van der Waals surface area (Å²) < 4.78 is 0. The Labute approximate surface area is 117 Å². The summed E-state index contributed by atoms with van der Waals surface area (Å²) >= 11 is 11.8. The van der Waals surface area contributed by atoms with Crippen LogP contribution in [0.3, 0.4) is 0 Å². The summed E-state index contributed by atoms with van der Waals surface area (Å²) in [6.07, 6.45) is 0.941. The largest absolute Gasteiger partial charge is 0.338 e. The lowest BCUT2D eigenvalue weighted by molar-refractivity contribution is 0.0777. The van der Waals surface area contributed by atoms with Crippen LogP contribution in [0, 0.1) is 5.41 Å². The van der Waals surface area contributed by atoms with E-state index >= 15 is 0 Å². The molecule has 0 aliphatic carbocycles. The van der Waals surface area contributed by atoms with Gasteiger partial charge < -0.3 is 10.6 Å². The highest BCUT2D eigenvalue weighted by molar-refractivity contribution is 6.42. The molecule has 5 heteroatoms. The van der Waals surface area contributed by atoms with Crippen molar-refractivity contribution in [2.75, 3.05) is 19.6 Å². The van der Waals surface area contributed by atoms with Crippen LogP contribution in [0.2, 0.25) is 10.0 Å². The number of hydrogen-bond acceptors (Lipinski definition) is 2. The number of nitrogens with two attached hydrogens (primary N) is 1. The summed E-state index contributed by atoms with van der Waals surface area (Å²) in [5.74, 6) is -0.00857. The fourth-order valence-electron chi connectivity index (χ4n) is 2.18. The van der Waals surface area contributed by atoms with Gasteiger partial charge in [0.1, 0.15) is 0 Å². The van der Waals surface area contributed by atoms with Crippen molar-refractivity contribution in [2.45, 2.75) is 13.3 Å². The van der Waals surface area contributed by atoms with Gasteiger partial charge in [-0.15, -0.1) is 0 Å². The highest BCUT2D eigenvalue weighted by Crippen LogP contribution is 2.30. The van der Waals surface area contributed by atoms with Crippen LogP contribution in [0.5, 0.6) is 0 Å². The van der Waals surface area contributed by atoms with Crippen LogP contribution in [-0.2, 0) is 0 Å². The lowest BCUT2D eigenvalue weighted by Crippen LogP contribution is -2.34. The average molecular weight is 287 g/mol. The third kappa shape index (κ3) is 2.63. The van der Waals surface area contributed by atoms with Gasteiger partial charge in [-0.3, -0.25) is 4.79 Å². The summed E-state index contributed by atoms with van der Waals surface area (Å²) in [6.45, 7) is 4.14. The maximum Gasteiger partial charge on any atom is 0.253 e. The van der Waals surface area contributed by atoms with E-state index in [-0.39, 0.29) is 11.3 Å². The zero-order valence-electron chi connectivity index (χ0n) is 10.2. The lowest BCUT2D eigenvalue weighted by Gasteiger charge is -2.22. The topological polar surface area (TPSA) is 46.3 Å². The van der Waals surface area contributed by atoms with E-state index in [1.807, 2.05) is 4.90 Å². The van der Waals surface area contributed by atoms with E-state index in [9.17, 15) is 4.79 Å². The summed E-state index contributed by atoms with van der Waals surface area (Å²) in [6, 6.07) is 4.97. The van der Waals surface area contributed by atoms with Gasteiger partial charge >= 0.3 is 0 Å². The van der Waals surface area contributed by atoms with Gasteiger partial charge in [-0.05, 0) is 36.6 Å². The van der Waals surface area contributed by atoms with E-state index in [4.69, 9.17) is 28.9 Å². The number of carbonyl (C=O) groups excluding carboxylic acids is 1. The Morgan fingerprint density at radius 2 is 2.17 bits per heavy atom. The molecular formula is C13H16Cl2N2O. The summed E-state index contributed by atoms with van der Waals surface area (Å²) in [5.41, 5.74) is 6.34. The molecule has 2 rings (SSSR count). The lowest BCUT2D eigenvalue weighted by atomic mass is 9.90. The smallest absolute Gasteiger partial charge is 0.253 e. The van der Waals surface area contributed by atoms with Crippen LogP contribution < -0.4 is 5.73 Å². The Morgan fingerprint density at radius 1 is 1.44 bits per heavy atom. The molecule has 0 saturated carbocycles. The van der Waals surface area contributed by atoms with Gasteiger partial charge in [0, 0.05) is 18.7 Å². The Hall–Kier alpha value is -0.770. The van der Waals surface area contributed by atoms with Gasteiger partial charge in [-0.25, -0.2) is 0 Å². The molecule has 1 atom stereocenters. The molecule has 98 valence electrons. The highest BCUT2D eigenvalue weighted by atomic mass is 35.5. The number of likely N-dealkylation sites (tertiary alicyclic amines) is 1. The Bertz CT molecular complexity index is 478. The van der Waals surface area contributed by atoms with Gasteiger partial charge in [-0.2, -0.15) is 0 Å². The molecule has 1 aliphatic rings. The minimum Gasteiger partial charge on any atom is -0.338 e. The van der Waals surface area contributed by atoms with Crippen LogP contribution >= 0.6 is 23.2 Å². The summed E-state index contributed by atoms with van der Waals surface area (Å²) in [5, 5.41) is 0.865. The van der Waals surface area contributed by atoms with Gasteiger partial charge in [-0.1, -0.05) is 30.1 Å². The van der Waals surface area contributed by atoms with Crippen molar-refractivity contribution in [3.8, 4) is 0 Å². The molecule has 1 aromatic rings. The molecule has 0 aromatic heterocycles. The molecule has 2 N–H and O–H groups in total. The molecule has 1 heterocycles. The molecule has 1 aromatic carbocycles. The second-order valence-electron chi connectivity index (χ2n) is 5.12. The number of carbonyl (C=O) groups is 1. The van der Waals surface area contributed by atoms with E-state index < -0.39 is 0 Å². The molecule has 1 saturated heterocycles. The van der Waals surface area contributed by atoms with E-state index in [1.165, 1.54) is 0 Å². The van der Waals surface area contributed by atoms with E-state index in [0.717, 1.165) is 13.0 Å². The number of hydrogen-bond donors (Lipinski definition) is 1. The number of rotatable bonds is 2. The zero-order valence-corrected chi connectivity index (χ0v) is 11.8. The van der Waals surface area contributed by atoms with Crippen LogP contribution in [0.25, 0.3) is 0 Å². The van der Waals surface area contributed by atoms with E-state index in [1.54, 1.807) is 18.2 Å². The number of amides is 1. The van der Waals surface area contributed by atoms with Crippen LogP contribution in [0.15, 0.2) is 18.2 Å². The highest BCUT2D eigenvalue weighted by Gasteiger charge is 2.35. The molecular weight excluding hydrogens is 271 g/mol. The molecule has 1 amide bonds. The van der Waals surface area contributed by atoms with Crippen molar-refractivity contribution >= 4 is 29.1 Å². The predicted octanol–water partition coefficient (Wildman–Crippen LogP) is 2.80. The van der Waals surface area contributed by atoms with Gasteiger partial charge in [0.05, 0.1) is 10.0 Å². The number of halogens is 2. The van der Waals surface area contributed by atoms with Gasteiger partial charge in [0.25, 0.3) is 5.91 Å². The SMILES string of the molecule is CC1(CN)CCN(C(=O)c2ccc(Cl)c(Cl)c2)C1. The second kappa shape index (κ2) is 5.08. The van der Waals surface area contributed by atoms with Crippen LogP contribution in [0.4, 0.5) is 0 Å². The van der Waals surface area contributed by atoms with E-state index in [2.05, 4.69) is 6.92 Å².